The quantitative estimate of drug-likeness (QED) is 0.762. The summed E-state index contributed by atoms with van der Waals surface area (Å²) >= 11 is 0. The van der Waals surface area contributed by atoms with Crippen LogP contribution >= 0.6 is 0 Å². The zero-order valence-corrected chi connectivity index (χ0v) is 14.2. The molecule has 2 aromatic carbocycles. The topological polar surface area (TPSA) is 90.7 Å². The fourth-order valence-corrected chi connectivity index (χ4v) is 3.37. The standard InChI is InChI=1S/C16H16N2O5S/c1-10-17-13-8-11(4-6-14(13)23-10)18-24(19,20)12-5-7-15(21-2)16(9-12)22-3/h4-9,18H,1-3H3. The highest BCUT2D eigenvalue weighted by atomic mass is 32.2. The van der Waals surface area contributed by atoms with Gasteiger partial charge in [0, 0.05) is 13.0 Å². The Balaban J connectivity index is 1.94. The number of anilines is 1. The predicted octanol–water partition coefficient (Wildman–Crippen LogP) is 2.95. The lowest BCUT2D eigenvalue weighted by molar-refractivity contribution is 0.354. The zero-order chi connectivity index (χ0) is 17.3. The fraction of sp³-hybridized carbons (Fsp3) is 0.188. The summed E-state index contributed by atoms with van der Waals surface area (Å²) in [4.78, 5) is 4.25. The van der Waals surface area contributed by atoms with Gasteiger partial charge >= 0.3 is 0 Å². The number of benzene rings is 2. The molecule has 0 saturated carbocycles. The molecule has 3 aromatic rings. The van der Waals surface area contributed by atoms with E-state index >= 15 is 0 Å². The second kappa shape index (κ2) is 6.04. The molecule has 1 aromatic heterocycles. The van der Waals surface area contributed by atoms with E-state index in [0.29, 0.717) is 34.2 Å². The Morgan fingerprint density at radius 3 is 2.50 bits per heavy atom. The van der Waals surface area contributed by atoms with Crippen molar-refractivity contribution in [3.8, 4) is 11.5 Å². The van der Waals surface area contributed by atoms with Crippen molar-refractivity contribution in [1.82, 2.24) is 4.98 Å². The fourth-order valence-electron chi connectivity index (χ4n) is 2.30. The van der Waals surface area contributed by atoms with Crippen LogP contribution in [0.2, 0.25) is 0 Å². The molecule has 0 saturated heterocycles. The average Bonchev–Trinajstić information content (AvgIpc) is 2.93. The lowest BCUT2D eigenvalue weighted by Gasteiger charge is -2.11. The van der Waals surface area contributed by atoms with Gasteiger partial charge in [-0.2, -0.15) is 0 Å². The van der Waals surface area contributed by atoms with E-state index in [0.717, 1.165) is 0 Å². The molecule has 0 unspecified atom stereocenters. The smallest absolute Gasteiger partial charge is 0.262 e. The van der Waals surface area contributed by atoms with Gasteiger partial charge in [0.15, 0.2) is 23.0 Å². The first-order chi connectivity index (χ1) is 11.4. The number of aromatic nitrogens is 1. The number of fused-ring (bicyclic) bond motifs is 1. The molecule has 0 amide bonds. The second-order valence-corrected chi connectivity index (χ2v) is 6.72. The molecule has 0 fully saturated rings. The van der Waals surface area contributed by atoms with Crippen LogP contribution in [0.4, 0.5) is 5.69 Å². The van der Waals surface area contributed by atoms with Crippen LogP contribution in [-0.2, 0) is 10.0 Å². The van der Waals surface area contributed by atoms with E-state index in [1.54, 1.807) is 25.1 Å². The number of ether oxygens (including phenoxy) is 2. The third-order valence-corrected chi connectivity index (χ3v) is 4.79. The van der Waals surface area contributed by atoms with Crippen molar-refractivity contribution in [2.45, 2.75) is 11.8 Å². The molecular weight excluding hydrogens is 332 g/mol. The van der Waals surface area contributed by atoms with Crippen LogP contribution in [0.15, 0.2) is 45.7 Å². The molecule has 0 atom stereocenters. The number of aryl methyl sites for hydroxylation is 1. The molecule has 24 heavy (non-hydrogen) atoms. The lowest BCUT2D eigenvalue weighted by Crippen LogP contribution is -2.13. The molecule has 7 nitrogen and oxygen atoms in total. The van der Waals surface area contributed by atoms with Crippen molar-refractivity contribution in [3.63, 3.8) is 0 Å². The number of nitrogens with one attached hydrogen (secondary N) is 1. The highest BCUT2D eigenvalue weighted by molar-refractivity contribution is 7.92. The maximum atomic E-state index is 12.6. The number of nitrogens with zero attached hydrogens (tertiary/aromatic N) is 1. The highest BCUT2D eigenvalue weighted by Crippen LogP contribution is 2.30. The Bertz CT molecular complexity index is 995. The molecule has 0 radical (unpaired) electrons. The minimum Gasteiger partial charge on any atom is -0.493 e. The van der Waals surface area contributed by atoms with Gasteiger partial charge in [0.25, 0.3) is 10.0 Å². The number of methoxy groups -OCH3 is 2. The van der Waals surface area contributed by atoms with Gasteiger partial charge in [0.2, 0.25) is 0 Å². The summed E-state index contributed by atoms with van der Waals surface area (Å²) in [6, 6.07) is 9.29. The first-order valence-electron chi connectivity index (χ1n) is 7.05. The van der Waals surface area contributed by atoms with E-state index < -0.39 is 10.0 Å². The number of hydrogen-bond acceptors (Lipinski definition) is 6. The molecule has 0 bridgehead atoms. The maximum absolute atomic E-state index is 12.6. The molecule has 0 aliphatic rings. The van der Waals surface area contributed by atoms with Gasteiger partial charge in [0.1, 0.15) is 5.52 Å². The molecule has 126 valence electrons. The first kappa shape index (κ1) is 16.1. The van der Waals surface area contributed by atoms with Crippen LogP contribution in [0, 0.1) is 6.92 Å². The van der Waals surface area contributed by atoms with Gasteiger partial charge in [-0.15, -0.1) is 0 Å². The number of oxazole rings is 1. The molecule has 0 aliphatic heterocycles. The Labute approximate surface area is 139 Å². The van der Waals surface area contributed by atoms with Crippen LogP contribution in [0.5, 0.6) is 11.5 Å². The molecule has 1 N–H and O–H groups in total. The van der Waals surface area contributed by atoms with Crippen LogP contribution in [-0.4, -0.2) is 27.6 Å². The Kier molecular flexibility index (Phi) is 4.06. The Morgan fingerprint density at radius 1 is 1.04 bits per heavy atom. The van der Waals surface area contributed by atoms with Crippen molar-refractivity contribution in [2.24, 2.45) is 0 Å². The summed E-state index contributed by atoms with van der Waals surface area (Å²) < 4.78 is 43.3. The van der Waals surface area contributed by atoms with Gasteiger partial charge in [-0.1, -0.05) is 0 Å². The summed E-state index contributed by atoms with van der Waals surface area (Å²) in [6.07, 6.45) is 0. The minimum absolute atomic E-state index is 0.0663. The number of sulfonamides is 1. The third-order valence-electron chi connectivity index (χ3n) is 3.41. The second-order valence-electron chi connectivity index (χ2n) is 5.04. The van der Waals surface area contributed by atoms with E-state index in [1.807, 2.05) is 0 Å². The molecule has 0 aliphatic carbocycles. The van der Waals surface area contributed by atoms with Crippen molar-refractivity contribution >= 4 is 26.8 Å². The summed E-state index contributed by atoms with van der Waals surface area (Å²) in [6.45, 7) is 1.73. The van der Waals surface area contributed by atoms with Gasteiger partial charge < -0.3 is 13.9 Å². The zero-order valence-electron chi connectivity index (χ0n) is 13.4. The van der Waals surface area contributed by atoms with Gasteiger partial charge in [-0.25, -0.2) is 13.4 Å². The van der Waals surface area contributed by atoms with Crippen molar-refractivity contribution in [2.75, 3.05) is 18.9 Å². The molecule has 1 heterocycles. The van der Waals surface area contributed by atoms with E-state index in [-0.39, 0.29) is 4.90 Å². The first-order valence-corrected chi connectivity index (χ1v) is 8.53. The predicted molar refractivity (Wildman–Crippen MR) is 89.1 cm³/mol. The molecule has 8 heteroatoms. The van der Waals surface area contributed by atoms with E-state index in [1.165, 1.54) is 32.4 Å². The molecule has 0 spiro atoms. The van der Waals surface area contributed by atoms with Crippen LogP contribution in [0.3, 0.4) is 0 Å². The Hall–Kier alpha value is -2.74. The monoisotopic (exact) mass is 348 g/mol. The summed E-state index contributed by atoms with van der Waals surface area (Å²) in [7, 11) is -0.844. The van der Waals surface area contributed by atoms with E-state index in [4.69, 9.17) is 13.9 Å². The summed E-state index contributed by atoms with van der Waals surface area (Å²) in [5.74, 6) is 1.31. The number of hydrogen-bond donors (Lipinski definition) is 1. The third kappa shape index (κ3) is 3.00. The molecular formula is C16H16N2O5S. The van der Waals surface area contributed by atoms with Crippen molar-refractivity contribution < 1.29 is 22.3 Å². The van der Waals surface area contributed by atoms with Gasteiger partial charge in [-0.05, 0) is 30.3 Å². The van der Waals surface area contributed by atoms with Gasteiger partial charge in [0.05, 0.1) is 24.8 Å². The van der Waals surface area contributed by atoms with Crippen LogP contribution in [0.1, 0.15) is 5.89 Å². The normalized spacial score (nSPS) is 11.5. The SMILES string of the molecule is COc1ccc(S(=O)(=O)Nc2ccc3oc(C)nc3c2)cc1OC. The minimum atomic E-state index is -3.78. The van der Waals surface area contributed by atoms with Crippen LogP contribution in [0.25, 0.3) is 11.1 Å². The lowest BCUT2D eigenvalue weighted by atomic mass is 10.3. The number of rotatable bonds is 5. The summed E-state index contributed by atoms with van der Waals surface area (Å²) in [5, 5.41) is 0. The summed E-state index contributed by atoms with van der Waals surface area (Å²) in [5.41, 5.74) is 1.58. The Morgan fingerprint density at radius 2 is 1.79 bits per heavy atom. The maximum Gasteiger partial charge on any atom is 0.262 e. The van der Waals surface area contributed by atoms with Gasteiger partial charge in [-0.3, -0.25) is 4.72 Å². The van der Waals surface area contributed by atoms with E-state index in [2.05, 4.69) is 9.71 Å². The van der Waals surface area contributed by atoms with Crippen molar-refractivity contribution in [3.05, 3.63) is 42.3 Å². The largest absolute Gasteiger partial charge is 0.493 e. The average molecular weight is 348 g/mol. The van der Waals surface area contributed by atoms with Crippen LogP contribution < -0.4 is 14.2 Å². The van der Waals surface area contributed by atoms with E-state index in [9.17, 15) is 8.42 Å². The molecule has 3 rings (SSSR count). The highest BCUT2D eigenvalue weighted by Gasteiger charge is 2.18. The van der Waals surface area contributed by atoms with Crippen molar-refractivity contribution in [1.29, 1.82) is 0 Å².